The highest BCUT2D eigenvalue weighted by molar-refractivity contribution is 8.01. The zero-order chi connectivity index (χ0) is 26.9. The van der Waals surface area contributed by atoms with E-state index in [1.54, 1.807) is 0 Å². The summed E-state index contributed by atoms with van der Waals surface area (Å²) in [6.45, 7) is -0.545. The summed E-state index contributed by atoms with van der Waals surface area (Å²) in [5.41, 5.74) is -6.65. The van der Waals surface area contributed by atoms with Gasteiger partial charge in [-0.25, -0.2) is 4.39 Å². The van der Waals surface area contributed by atoms with Gasteiger partial charge in [0, 0.05) is 12.0 Å². The quantitative estimate of drug-likeness (QED) is 0.371. The van der Waals surface area contributed by atoms with Crippen molar-refractivity contribution in [2.45, 2.75) is 34.7 Å². The number of amides is 1. The van der Waals surface area contributed by atoms with Crippen molar-refractivity contribution in [3.63, 3.8) is 0 Å². The van der Waals surface area contributed by atoms with Gasteiger partial charge in [0.05, 0.1) is 33.9 Å². The van der Waals surface area contributed by atoms with E-state index in [0.29, 0.717) is 0 Å². The molecule has 0 bridgehead atoms. The lowest BCUT2D eigenvalue weighted by atomic mass is 9.84. The number of benzene rings is 2. The number of alkyl halides is 4. The van der Waals surface area contributed by atoms with Gasteiger partial charge in [-0.05, 0) is 23.3 Å². The molecule has 198 valence electrons. The number of hydrogen-bond acceptors (Lipinski definition) is 6. The zero-order valence-corrected chi connectivity index (χ0v) is 21.6. The minimum Gasteiger partial charge on any atom is -0.381 e. The number of halogens is 7. The highest BCUT2D eigenvalue weighted by Crippen LogP contribution is 2.51. The van der Waals surface area contributed by atoms with E-state index < -0.39 is 46.6 Å². The number of aliphatic hydroxyl groups excluding tert-OH is 2. The predicted octanol–water partition coefficient (Wildman–Crippen LogP) is 5.24. The summed E-state index contributed by atoms with van der Waals surface area (Å²) in [5, 5.41) is 22.5. The number of likely N-dealkylation sites (tertiary alicyclic amines) is 1. The Bertz CT molecular complexity index is 1260. The molecule has 2 aromatic rings. The fourth-order valence-electron chi connectivity index (χ4n) is 4.52. The molecule has 3 atom stereocenters. The second-order valence-corrected chi connectivity index (χ2v) is 11.5. The first kappa shape index (κ1) is 26.8. The van der Waals surface area contributed by atoms with E-state index in [4.69, 9.17) is 39.6 Å². The molecular formula is C23H17Cl3F4N2O4S. The maximum atomic E-state index is 15.4. The van der Waals surface area contributed by atoms with E-state index in [1.165, 1.54) is 29.2 Å². The predicted molar refractivity (Wildman–Crippen MR) is 130 cm³/mol. The molecule has 6 nitrogen and oxygen atoms in total. The van der Waals surface area contributed by atoms with Gasteiger partial charge in [-0.2, -0.15) is 13.2 Å². The number of thioether (sulfide) groups is 1. The minimum absolute atomic E-state index is 0.0187. The normalized spacial score (nSPS) is 28.7. The van der Waals surface area contributed by atoms with Crippen LogP contribution in [0.4, 0.5) is 17.6 Å². The monoisotopic (exact) mass is 598 g/mol. The standard InChI is InChI=1S/C23H17Cl3F4N2O4S/c24-13-5-12(6-14(25)17(13)26)22(23(28,29)30)7-15(31-36-22)10-1-3-11(4-2-10)21(27)8-32(9-21)18(33)16-19(34)37-20(16)35/h1-6,16,19-20,34-35H,7-9H2. The zero-order valence-electron chi connectivity index (χ0n) is 18.5. The lowest BCUT2D eigenvalue weighted by Gasteiger charge is -2.48. The summed E-state index contributed by atoms with van der Waals surface area (Å²) in [6.07, 6.45) is -5.57. The van der Waals surface area contributed by atoms with Gasteiger partial charge >= 0.3 is 6.18 Å². The van der Waals surface area contributed by atoms with Crippen molar-refractivity contribution in [2.24, 2.45) is 11.1 Å². The van der Waals surface area contributed by atoms with Gasteiger partial charge in [-0.15, -0.1) is 0 Å². The molecule has 2 N–H and O–H groups in total. The average molecular weight is 600 g/mol. The molecule has 1 amide bonds. The molecule has 14 heteroatoms. The third kappa shape index (κ3) is 4.37. The molecule has 0 aliphatic carbocycles. The Labute approximate surface area is 227 Å². The first-order chi connectivity index (χ1) is 17.3. The van der Waals surface area contributed by atoms with Crippen LogP contribution >= 0.6 is 46.6 Å². The van der Waals surface area contributed by atoms with Gasteiger partial charge in [0.1, 0.15) is 16.8 Å². The lowest BCUT2D eigenvalue weighted by Crippen LogP contribution is -2.63. The van der Waals surface area contributed by atoms with Gasteiger partial charge in [0.25, 0.3) is 5.60 Å². The Kier molecular flexibility index (Phi) is 6.65. The van der Waals surface area contributed by atoms with Gasteiger partial charge in [0.15, 0.2) is 5.67 Å². The topological polar surface area (TPSA) is 82.4 Å². The van der Waals surface area contributed by atoms with Crippen molar-refractivity contribution in [1.29, 1.82) is 0 Å². The third-order valence-corrected chi connectivity index (χ3v) is 9.09. The number of oxime groups is 1. The molecule has 5 rings (SSSR count). The molecule has 2 aromatic carbocycles. The molecule has 0 aromatic heterocycles. The number of nitrogens with zero attached hydrogens (tertiary/aromatic N) is 2. The minimum atomic E-state index is -4.89. The number of rotatable bonds is 4. The van der Waals surface area contributed by atoms with Gasteiger partial charge in [-0.3, -0.25) is 4.79 Å². The van der Waals surface area contributed by atoms with Crippen molar-refractivity contribution in [2.75, 3.05) is 13.1 Å². The Morgan fingerprint density at radius 3 is 2.14 bits per heavy atom. The number of hydrogen-bond donors (Lipinski definition) is 2. The number of carbonyl (C=O) groups is 1. The maximum absolute atomic E-state index is 15.4. The highest BCUT2D eigenvalue weighted by Gasteiger charge is 2.62. The van der Waals surface area contributed by atoms with Crippen molar-refractivity contribution in [3.8, 4) is 0 Å². The van der Waals surface area contributed by atoms with Crippen molar-refractivity contribution in [1.82, 2.24) is 4.90 Å². The molecule has 3 aliphatic rings. The van der Waals surface area contributed by atoms with Crippen molar-refractivity contribution >= 4 is 58.2 Å². The number of carbonyl (C=O) groups excluding carboxylic acids is 1. The number of aliphatic hydroxyl groups is 2. The van der Waals surface area contributed by atoms with Crippen LogP contribution in [0.1, 0.15) is 23.1 Å². The summed E-state index contributed by atoms with van der Waals surface area (Å²) in [5.74, 6) is -1.52. The van der Waals surface area contributed by atoms with Crippen molar-refractivity contribution < 1.29 is 37.4 Å². The van der Waals surface area contributed by atoms with Crippen LogP contribution in [-0.2, 0) is 20.9 Å². The molecule has 37 heavy (non-hydrogen) atoms. The SMILES string of the molecule is O=C(C1C(O)SC1O)N1CC(F)(c2ccc(C3=NOC(c4cc(Cl)c(Cl)c(Cl)c4)(C(F)(F)F)C3)cc2)C1. The third-order valence-electron chi connectivity index (χ3n) is 6.74. The Morgan fingerprint density at radius 2 is 1.62 bits per heavy atom. The van der Waals surface area contributed by atoms with E-state index in [2.05, 4.69) is 5.16 Å². The summed E-state index contributed by atoms with van der Waals surface area (Å²) in [7, 11) is 0. The largest absolute Gasteiger partial charge is 0.435 e. The van der Waals surface area contributed by atoms with E-state index >= 15 is 4.39 Å². The molecule has 3 heterocycles. The van der Waals surface area contributed by atoms with Crippen LogP contribution in [0.2, 0.25) is 15.1 Å². The van der Waals surface area contributed by atoms with Crippen LogP contribution in [0.15, 0.2) is 41.6 Å². The molecule has 3 unspecified atom stereocenters. The highest BCUT2D eigenvalue weighted by atomic mass is 35.5. The first-order valence-electron chi connectivity index (χ1n) is 10.8. The molecule has 0 spiro atoms. The molecular weight excluding hydrogens is 583 g/mol. The van der Waals surface area contributed by atoms with Gasteiger partial charge in [0.2, 0.25) is 5.91 Å². The summed E-state index contributed by atoms with van der Waals surface area (Å²) in [6, 6.07) is 7.73. The summed E-state index contributed by atoms with van der Waals surface area (Å²) < 4.78 is 58.1. The Hall–Kier alpha value is -1.76. The summed E-state index contributed by atoms with van der Waals surface area (Å²) in [4.78, 5) is 18.6. The van der Waals surface area contributed by atoms with E-state index in [0.717, 1.165) is 23.9 Å². The summed E-state index contributed by atoms with van der Waals surface area (Å²) >= 11 is 18.6. The molecule has 0 saturated carbocycles. The molecule has 0 radical (unpaired) electrons. The first-order valence-corrected chi connectivity index (χ1v) is 12.9. The van der Waals surface area contributed by atoms with Crippen LogP contribution < -0.4 is 0 Å². The van der Waals surface area contributed by atoms with Crippen LogP contribution in [0, 0.1) is 5.92 Å². The van der Waals surface area contributed by atoms with Crippen LogP contribution in [-0.4, -0.2) is 56.9 Å². The molecule has 3 aliphatic heterocycles. The van der Waals surface area contributed by atoms with E-state index in [1.807, 2.05) is 0 Å². The van der Waals surface area contributed by atoms with Gasteiger partial charge in [-0.1, -0.05) is 76.0 Å². The molecule has 2 saturated heterocycles. The fraction of sp³-hybridized carbons (Fsp3) is 0.391. The van der Waals surface area contributed by atoms with Crippen LogP contribution in [0.5, 0.6) is 0 Å². The average Bonchev–Trinajstić information content (AvgIpc) is 3.27. The Morgan fingerprint density at radius 1 is 1.05 bits per heavy atom. The van der Waals surface area contributed by atoms with Crippen LogP contribution in [0.25, 0.3) is 0 Å². The lowest BCUT2D eigenvalue weighted by molar-refractivity contribution is -0.275. The Balaban J connectivity index is 1.32. The second-order valence-electron chi connectivity index (χ2n) is 9.06. The van der Waals surface area contributed by atoms with Crippen LogP contribution in [0.3, 0.4) is 0 Å². The second kappa shape index (κ2) is 9.17. The maximum Gasteiger partial charge on any atom is 0.435 e. The van der Waals surface area contributed by atoms with E-state index in [9.17, 15) is 28.2 Å². The van der Waals surface area contributed by atoms with Crippen molar-refractivity contribution in [3.05, 3.63) is 68.2 Å². The fourth-order valence-corrected chi connectivity index (χ4v) is 6.00. The van der Waals surface area contributed by atoms with E-state index in [-0.39, 0.29) is 50.6 Å². The molecule has 2 fully saturated rings. The van der Waals surface area contributed by atoms with Gasteiger partial charge < -0.3 is 20.0 Å². The smallest absolute Gasteiger partial charge is 0.381 e.